The predicted molar refractivity (Wildman–Crippen MR) is 80.3 cm³/mol. The molecule has 0 aliphatic heterocycles. The fourth-order valence-electron chi connectivity index (χ4n) is 1.47. The normalized spacial score (nSPS) is 10.1. The summed E-state index contributed by atoms with van der Waals surface area (Å²) in [6.45, 7) is 3.39. The van der Waals surface area contributed by atoms with Gasteiger partial charge in [0, 0.05) is 19.2 Å². The fraction of sp³-hybridized carbons (Fsp3) is 0.154. The second-order valence-corrected chi connectivity index (χ2v) is 5.04. The lowest BCUT2D eigenvalue weighted by Gasteiger charge is -2.09. The molecule has 2 heterocycles. The molecule has 0 fully saturated rings. The minimum absolute atomic E-state index is 0.170. The number of nitrogens with zero attached hydrogens (tertiary/aromatic N) is 2. The van der Waals surface area contributed by atoms with Gasteiger partial charge in [0.05, 0.1) is 6.20 Å². The summed E-state index contributed by atoms with van der Waals surface area (Å²) in [5, 5.41) is 2.61. The van der Waals surface area contributed by atoms with Crippen LogP contribution < -0.4 is 10.1 Å². The molecule has 2 rings (SSSR count). The molecule has 98 valence electrons. The van der Waals surface area contributed by atoms with Crippen LogP contribution in [0.2, 0.25) is 0 Å². The van der Waals surface area contributed by atoms with E-state index in [2.05, 4.69) is 37.9 Å². The molecule has 2 aromatic rings. The third kappa shape index (κ3) is 3.88. The fourth-order valence-corrected chi connectivity index (χ4v) is 2.07. The molecular weight excluding hydrogens is 357 g/mol. The Balaban J connectivity index is 2.21. The molecule has 0 saturated carbocycles. The molecule has 1 amide bonds. The zero-order valence-electron chi connectivity index (χ0n) is 10.5. The van der Waals surface area contributed by atoms with E-state index in [0.29, 0.717) is 17.3 Å². The number of anilines is 1. The molecule has 19 heavy (non-hydrogen) atoms. The first-order chi connectivity index (χ1) is 9.04. The summed E-state index contributed by atoms with van der Waals surface area (Å²) in [7, 11) is 0. The molecule has 0 spiro atoms. The molecule has 6 heteroatoms. The van der Waals surface area contributed by atoms with Crippen LogP contribution >= 0.6 is 22.6 Å². The zero-order valence-corrected chi connectivity index (χ0v) is 12.6. The van der Waals surface area contributed by atoms with Gasteiger partial charge in [-0.15, -0.1) is 0 Å². The Morgan fingerprint density at radius 2 is 2.16 bits per heavy atom. The first-order valence-corrected chi connectivity index (χ1v) is 6.66. The molecule has 0 aliphatic rings. The van der Waals surface area contributed by atoms with Gasteiger partial charge in [-0.05, 0) is 47.2 Å². The van der Waals surface area contributed by atoms with Crippen LogP contribution in [0.3, 0.4) is 0 Å². The largest absolute Gasteiger partial charge is 0.455 e. The monoisotopic (exact) mass is 369 g/mol. The van der Waals surface area contributed by atoms with Gasteiger partial charge in [-0.1, -0.05) is 0 Å². The molecular formula is C13H12IN3O2. The summed E-state index contributed by atoms with van der Waals surface area (Å²) < 4.78 is 6.64. The van der Waals surface area contributed by atoms with Crippen molar-refractivity contribution in [3.05, 3.63) is 39.9 Å². The quantitative estimate of drug-likeness (QED) is 0.667. The third-order valence-corrected chi connectivity index (χ3v) is 2.88. The lowest BCUT2D eigenvalue weighted by molar-refractivity contribution is -0.114. The Morgan fingerprint density at radius 1 is 1.37 bits per heavy atom. The Bertz CT molecular complexity index is 617. The molecule has 0 bridgehead atoms. The van der Waals surface area contributed by atoms with E-state index in [9.17, 15) is 4.79 Å². The van der Waals surface area contributed by atoms with Gasteiger partial charge in [-0.25, -0.2) is 9.97 Å². The topological polar surface area (TPSA) is 64.1 Å². The molecule has 0 radical (unpaired) electrons. The van der Waals surface area contributed by atoms with E-state index in [4.69, 9.17) is 4.74 Å². The first-order valence-electron chi connectivity index (χ1n) is 5.58. The minimum atomic E-state index is -0.170. The van der Waals surface area contributed by atoms with Gasteiger partial charge in [-0.3, -0.25) is 4.79 Å². The molecule has 0 unspecified atom stereocenters. The van der Waals surface area contributed by atoms with E-state index >= 15 is 0 Å². The maximum absolute atomic E-state index is 11.0. The number of ether oxygens (including phenoxy) is 1. The van der Waals surface area contributed by atoms with Crippen LogP contribution in [-0.2, 0) is 4.79 Å². The number of rotatable bonds is 3. The lowest BCUT2D eigenvalue weighted by Crippen LogP contribution is -2.07. The number of hydrogen-bond donors (Lipinski definition) is 1. The highest BCUT2D eigenvalue weighted by molar-refractivity contribution is 14.1. The van der Waals surface area contributed by atoms with Crippen molar-refractivity contribution in [2.45, 2.75) is 13.8 Å². The number of carbonyl (C=O) groups excluding carboxylic acids is 1. The van der Waals surface area contributed by atoms with Gasteiger partial charge in [0.1, 0.15) is 21.0 Å². The smallest absolute Gasteiger partial charge is 0.222 e. The lowest BCUT2D eigenvalue weighted by atomic mass is 10.3. The highest BCUT2D eigenvalue weighted by Crippen LogP contribution is 2.25. The maximum Gasteiger partial charge on any atom is 0.222 e. The third-order valence-electron chi connectivity index (χ3n) is 2.29. The number of pyridine rings is 2. The average molecular weight is 369 g/mol. The molecule has 2 aromatic heterocycles. The highest BCUT2D eigenvalue weighted by Gasteiger charge is 2.05. The summed E-state index contributed by atoms with van der Waals surface area (Å²) in [5.41, 5.74) is 0.997. The van der Waals surface area contributed by atoms with Crippen LogP contribution in [0, 0.1) is 10.6 Å². The Morgan fingerprint density at radius 3 is 2.84 bits per heavy atom. The van der Waals surface area contributed by atoms with Crippen molar-refractivity contribution in [2.24, 2.45) is 0 Å². The summed E-state index contributed by atoms with van der Waals surface area (Å²) in [4.78, 5) is 19.2. The number of carbonyl (C=O) groups is 1. The summed E-state index contributed by atoms with van der Waals surface area (Å²) >= 11 is 2.15. The number of amides is 1. The van der Waals surface area contributed by atoms with Crippen LogP contribution in [-0.4, -0.2) is 15.9 Å². The second kappa shape index (κ2) is 5.96. The number of halogens is 1. The molecule has 0 aliphatic carbocycles. The SMILES string of the molecule is CC(=O)Nc1cc(Oc2cnc(I)cc2C)ccn1. The van der Waals surface area contributed by atoms with Gasteiger partial charge in [0.15, 0.2) is 0 Å². The van der Waals surface area contributed by atoms with Gasteiger partial charge in [0.2, 0.25) is 5.91 Å². The van der Waals surface area contributed by atoms with E-state index in [1.807, 2.05) is 13.0 Å². The van der Waals surface area contributed by atoms with Crippen LogP contribution in [0.4, 0.5) is 5.82 Å². The maximum atomic E-state index is 11.0. The highest BCUT2D eigenvalue weighted by atomic mass is 127. The molecule has 0 saturated heterocycles. The van der Waals surface area contributed by atoms with Gasteiger partial charge in [-0.2, -0.15) is 0 Å². The summed E-state index contributed by atoms with van der Waals surface area (Å²) in [6.07, 6.45) is 3.26. The van der Waals surface area contributed by atoms with Crippen molar-refractivity contribution < 1.29 is 9.53 Å². The summed E-state index contributed by atoms with van der Waals surface area (Å²) in [6, 6.07) is 5.33. The number of nitrogens with one attached hydrogen (secondary N) is 1. The summed E-state index contributed by atoms with van der Waals surface area (Å²) in [5.74, 6) is 1.57. The number of hydrogen-bond acceptors (Lipinski definition) is 4. The van der Waals surface area contributed by atoms with Crippen molar-refractivity contribution in [2.75, 3.05) is 5.32 Å². The molecule has 1 N–H and O–H groups in total. The van der Waals surface area contributed by atoms with E-state index in [-0.39, 0.29) is 5.91 Å². The first kappa shape index (κ1) is 13.7. The molecule has 5 nitrogen and oxygen atoms in total. The van der Waals surface area contributed by atoms with E-state index in [1.165, 1.54) is 6.92 Å². The van der Waals surface area contributed by atoms with E-state index in [1.54, 1.807) is 24.5 Å². The van der Waals surface area contributed by atoms with Crippen LogP contribution in [0.5, 0.6) is 11.5 Å². The second-order valence-electron chi connectivity index (χ2n) is 3.93. The van der Waals surface area contributed by atoms with Crippen molar-refractivity contribution in [3.63, 3.8) is 0 Å². The van der Waals surface area contributed by atoms with Crippen molar-refractivity contribution in [1.82, 2.24) is 9.97 Å². The van der Waals surface area contributed by atoms with E-state index < -0.39 is 0 Å². The predicted octanol–water partition coefficient (Wildman–Crippen LogP) is 3.14. The molecule has 0 atom stereocenters. The van der Waals surface area contributed by atoms with Crippen molar-refractivity contribution in [1.29, 1.82) is 0 Å². The Labute approximate surface area is 124 Å². The standard InChI is InChI=1S/C13H12IN3O2/c1-8-5-12(14)16-7-11(8)19-10-3-4-15-13(6-10)17-9(2)18/h3-7H,1-2H3,(H,15,17,18). The van der Waals surface area contributed by atoms with Gasteiger partial charge < -0.3 is 10.1 Å². The van der Waals surface area contributed by atoms with E-state index in [0.717, 1.165) is 9.26 Å². The van der Waals surface area contributed by atoms with Crippen LogP contribution in [0.1, 0.15) is 12.5 Å². The van der Waals surface area contributed by atoms with Crippen molar-refractivity contribution >= 4 is 34.3 Å². The van der Waals surface area contributed by atoms with Gasteiger partial charge in [0.25, 0.3) is 0 Å². The minimum Gasteiger partial charge on any atom is -0.455 e. The Hall–Kier alpha value is -1.70. The molecule has 0 aromatic carbocycles. The zero-order chi connectivity index (χ0) is 13.8. The van der Waals surface area contributed by atoms with Gasteiger partial charge >= 0.3 is 0 Å². The van der Waals surface area contributed by atoms with Crippen LogP contribution in [0.25, 0.3) is 0 Å². The van der Waals surface area contributed by atoms with Crippen LogP contribution in [0.15, 0.2) is 30.6 Å². The number of aromatic nitrogens is 2. The average Bonchev–Trinajstić information content (AvgIpc) is 2.32. The Kier molecular flexibility index (Phi) is 4.31. The number of aryl methyl sites for hydroxylation is 1. The van der Waals surface area contributed by atoms with Crippen molar-refractivity contribution in [3.8, 4) is 11.5 Å².